The molecular weight excluding hydrogens is 352 g/mol. The first-order chi connectivity index (χ1) is 13.6. The lowest BCUT2D eigenvalue weighted by atomic mass is 9.81. The highest BCUT2D eigenvalue weighted by atomic mass is 16.5. The first-order valence-corrected chi connectivity index (χ1v) is 9.59. The molecule has 4 heteroatoms. The van der Waals surface area contributed by atoms with Crippen LogP contribution in [0, 0.1) is 11.8 Å². The highest BCUT2D eigenvalue weighted by Gasteiger charge is 2.31. The Balaban J connectivity index is 1.71. The Morgan fingerprint density at radius 3 is 1.36 bits per heavy atom. The number of ketones is 2. The molecule has 4 nitrogen and oxygen atoms in total. The Morgan fingerprint density at radius 1 is 0.679 bits per heavy atom. The average Bonchev–Trinajstić information content (AvgIpc) is 2.74. The maximum Gasteiger partial charge on any atom is 0.202 e. The van der Waals surface area contributed by atoms with Crippen molar-refractivity contribution in [3.8, 4) is 11.5 Å². The predicted molar refractivity (Wildman–Crippen MR) is 109 cm³/mol. The molecule has 0 fully saturated rings. The van der Waals surface area contributed by atoms with Crippen LogP contribution in [-0.4, -0.2) is 25.8 Å². The van der Waals surface area contributed by atoms with E-state index < -0.39 is 0 Å². The van der Waals surface area contributed by atoms with Gasteiger partial charge in [-0.1, -0.05) is 36.4 Å². The average molecular weight is 378 g/mol. The molecule has 1 aliphatic rings. The van der Waals surface area contributed by atoms with E-state index >= 15 is 0 Å². The van der Waals surface area contributed by atoms with Crippen molar-refractivity contribution >= 4 is 11.6 Å². The molecular formula is C24H26O4. The zero-order valence-corrected chi connectivity index (χ0v) is 16.4. The van der Waals surface area contributed by atoms with E-state index in [4.69, 9.17) is 9.47 Å². The molecule has 0 radical (unpaired) electrons. The van der Waals surface area contributed by atoms with E-state index in [1.54, 1.807) is 14.2 Å². The number of carbonyl (C=O) groups excluding carboxylic acids is 2. The van der Waals surface area contributed by atoms with Crippen molar-refractivity contribution < 1.29 is 19.1 Å². The number of methoxy groups -OCH3 is 2. The predicted octanol–water partition coefficient (Wildman–Crippen LogP) is 4.21. The molecule has 0 amide bonds. The number of Topliss-reactive ketones (excluding diaryl/α,β-unsaturated/α-hetero) is 2. The molecule has 0 aromatic heterocycles. The van der Waals surface area contributed by atoms with Crippen LogP contribution in [0.15, 0.2) is 60.7 Å². The fourth-order valence-corrected chi connectivity index (χ4v) is 3.58. The lowest BCUT2D eigenvalue weighted by Crippen LogP contribution is -2.32. The van der Waals surface area contributed by atoms with Crippen molar-refractivity contribution in [3.63, 3.8) is 0 Å². The third kappa shape index (κ3) is 4.89. The molecule has 0 bridgehead atoms. The van der Waals surface area contributed by atoms with E-state index in [1.165, 1.54) is 0 Å². The van der Waals surface area contributed by atoms with Crippen LogP contribution in [0.4, 0.5) is 0 Å². The van der Waals surface area contributed by atoms with Crippen LogP contribution in [-0.2, 0) is 22.4 Å². The molecule has 1 aliphatic carbocycles. The number of allylic oxidation sites excluding steroid dienone is 2. The maximum absolute atomic E-state index is 12.9. The van der Waals surface area contributed by atoms with Gasteiger partial charge in [0.15, 0.2) is 0 Å². The summed E-state index contributed by atoms with van der Waals surface area (Å²) in [4.78, 5) is 25.8. The Bertz CT molecular complexity index is 762. The highest BCUT2D eigenvalue weighted by molar-refractivity contribution is 6.38. The van der Waals surface area contributed by atoms with Crippen LogP contribution in [0.3, 0.4) is 0 Å². The van der Waals surface area contributed by atoms with Gasteiger partial charge in [0.1, 0.15) is 11.5 Å². The third-order valence-electron chi connectivity index (χ3n) is 5.27. The molecule has 0 aliphatic heterocycles. The van der Waals surface area contributed by atoms with E-state index in [9.17, 15) is 9.59 Å². The summed E-state index contributed by atoms with van der Waals surface area (Å²) >= 11 is 0. The molecule has 0 N–H and O–H groups in total. The second-order valence-corrected chi connectivity index (χ2v) is 7.17. The van der Waals surface area contributed by atoms with Gasteiger partial charge in [-0.05, 0) is 61.1 Å². The second kappa shape index (κ2) is 9.36. The van der Waals surface area contributed by atoms with Gasteiger partial charge in [-0.15, -0.1) is 0 Å². The quantitative estimate of drug-likeness (QED) is 0.558. The number of rotatable bonds is 6. The minimum Gasteiger partial charge on any atom is -0.497 e. The van der Waals surface area contributed by atoms with Gasteiger partial charge in [-0.2, -0.15) is 0 Å². The van der Waals surface area contributed by atoms with Crippen LogP contribution in [0.2, 0.25) is 0 Å². The minimum atomic E-state index is -0.309. The molecule has 2 unspecified atom stereocenters. The Hall–Kier alpha value is -2.88. The molecule has 2 aromatic rings. The van der Waals surface area contributed by atoms with Crippen molar-refractivity contribution in [3.05, 3.63) is 71.8 Å². The van der Waals surface area contributed by atoms with Gasteiger partial charge in [0.2, 0.25) is 11.6 Å². The summed E-state index contributed by atoms with van der Waals surface area (Å²) in [6, 6.07) is 15.3. The number of ether oxygens (including phenoxy) is 2. The Kier molecular flexibility index (Phi) is 6.64. The SMILES string of the molecule is COc1ccc(CC2CC=CCC(Cc3ccc(OC)cc3)C(=O)C2=O)cc1. The lowest BCUT2D eigenvalue weighted by molar-refractivity contribution is -0.141. The van der Waals surface area contributed by atoms with Gasteiger partial charge >= 0.3 is 0 Å². The van der Waals surface area contributed by atoms with E-state index in [2.05, 4.69) is 0 Å². The number of carbonyl (C=O) groups is 2. The number of benzene rings is 2. The zero-order chi connectivity index (χ0) is 19.9. The highest BCUT2D eigenvalue weighted by Crippen LogP contribution is 2.25. The molecule has 0 saturated carbocycles. The monoisotopic (exact) mass is 378 g/mol. The van der Waals surface area contributed by atoms with Crippen molar-refractivity contribution in [2.75, 3.05) is 14.2 Å². The van der Waals surface area contributed by atoms with Crippen LogP contribution in [0.1, 0.15) is 24.0 Å². The lowest BCUT2D eigenvalue weighted by Gasteiger charge is -2.21. The fraction of sp³-hybridized carbons (Fsp3) is 0.333. The first-order valence-electron chi connectivity index (χ1n) is 9.59. The van der Waals surface area contributed by atoms with Gasteiger partial charge in [-0.3, -0.25) is 9.59 Å². The third-order valence-corrected chi connectivity index (χ3v) is 5.27. The van der Waals surface area contributed by atoms with Gasteiger partial charge in [0.25, 0.3) is 0 Å². The number of hydrogen-bond acceptors (Lipinski definition) is 4. The minimum absolute atomic E-state index is 0.251. The van der Waals surface area contributed by atoms with E-state index in [0.29, 0.717) is 25.7 Å². The molecule has 28 heavy (non-hydrogen) atoms. The van der Waals surface area contributed by atoms with Gasteiger partial charge in [-0.25, -0.2) is 0 Å². The number of hydrogen-bond donors (Lipinski definition) is 0. The normalized spacial score (nSPS) is 19.8. The smallest absolute Gasteiger partial charge is 0.202 e. The van der Waals surface area contributed by atoms with E-state index in [-0.39, 0.29) is 23.4 Å². The maximum atomic E-state index is 12.9. The summed E-state index contributed by atoms with van der Waals surface area (Å²) in [5.41, 5.74) is 2.07. The molecule has 2 aromatic carbocycles. The first kappa shape index (κ1) is 19.9. The molecule has 2 atom stereocenters. The Morgan fingerprint density at radius 2 is 1.04 bits per heavy atom. The topological polar surface area (TPSA) is 52.6 Å². The molecule has 0 spiro atoms. The summed E-state index contributed by atoms with van der Waals surface area (Å²) in [6.07, 6.45) is 6.42. The molecule has 0 heterocycles. The van der Waals surface area contributed by atoms with Crippen LogP contribution < -0.4 is 9.47 Å². The van der Waals surface area contributed by atoms with Crippen molar-refractivity contribution in [2.24, 2.45) is 11.8 Å². The molecule has 0 saturated heterocycles. The Labute approximate surface area is 166 Å². The summed E-state index contributed by atoms with van der Waals surface area (Å²) in [5.74, 6) is 0.440. The summed E-state index contributed by atoms with van der Waals surface area (Å²) in [5, 5.41) is 0. The van der Waals surface area contributed by atoms with Gasteiger partial charge in [0.05, 0.1) is 14.2 Å². The van der Waals surface area contributed by atoms with E-state index in [0.717, 1.165) is 22.6 Å². The second-order valence-electron chi connectivity index (χ2n) is 7.17. The van der Waals surface area contributed by atoms with Crippen LogP contribution in [0.5, 0.6) is 11.5 Å². The zero-order valence-electron chi connectivity index (χ0n) is 16.4. The summed E-state index contributed by atoms with van der Waals surface area (Å²) < 4.78 is 10.4. The van der Waals surface area contributed by atoms with Crippen molar-refractivity contribution in [1.29, 1.82) is 0 Å². The van der Waals surface area contributed by atoms with Crippen molar-refractivity contribution in [2.45, 2.75) is 25.7 Å². The standard InChI is InChI=1S/C24H26O4/c1-27-21-11-7-17(8-12-21)15-19-5-3-4-6-20(24(26)23(19)25)16-18-9-13-22(28-2)14-10-18/h3-4,7-14,19-20H,5-6,15-16H2,1-2H3. The fourth-order valence-electron chi connectivity index (χ4n) is 3.58. The summed E-state index contributed by atoms with van der Waals surface area (Å²) in [6.45, 7) is 0. The van der Waals surface area contributed by atoms with Crippen LogP contribution >= 0.6 is 0 Å². The van der Waals surface area contributed by atoms with Gasteiger partial charge in [0, 0.05) is 11.8 Å². The van der Waals surface area contributed by atoms with Crippen LogP contribution in [0.25, 0.3) is 0 Å². The van der Waals surface area contributed by atoms with Crippen molar-refractivity contribution in [1.82, 2.24) is 0 Å². The molecule has 146 valence electrons. The largest absolute Gasteiger partial charge is 0.497 e. The summed E-state index contributed by atoms with van der Waals surface area (Å²) in [7, 11) is 3.25. The molecule has 3 rings (SSSR count). The van der Waals surface area contributed by atoms with Gasteiger partial charge < -0.3 is 9.47 Å². The van der Waals surface area contributed by atoms with E-state index in [1.807, 2.05) is 60.7 Å².